The van der Waals surface area contributed by atoms with Gasteiger partial charge < -0.3 is 9.64 Å². The predicted octanol–water partition coefficient (Wildman–Crippen LogP) is 2.21. The molecule has 0 saturated heterocycles. The van der Waals surface area contributed by atoms with Gasteiger partial charge in [-0.2, -0.15) is 0 Å². The number of hydrogen-bond donors (Lipinski definition) is 0. The molecule has 1 heterocycles. The normalized spacial score (nSPS) is 14.6. The first-order valence-electron chi connectivity index (χ1n) is 8.95. The van der Waals surface area contributed by atoms with Crippen molar-refractivity contribution in [3.8, 4) is 0 Å². The lowest BCUT2D eigenvalue weighted by Crippen LogP contribution is -2.39. The van der Waals surface area contributed by atoms with Gasteiger partial charge in [0.15, 0.2) is 6.10 Å². The van der Waals surface area contributed by atoms with Crippen molar-refractivity contribution >= 4 is 27.6 Å². The van der Waals surface area contributed by atoms with E-state index in [1.165, 1.54) is 25.9 Å². The van der Waals surface area contributed by atoms with Crippen LogP contribution in [-0.2, 0) is 26.0 Å². The predicted molar refractivity (Wildman–Crippen MR) is 105 cm³/mol. The fourth-order valence-corrected chi connectivity index (χ4v) is 4.02. The first-order valence-corrected chi connectivity index (χ1v) is 10.4. The van der Waals surface area contributed by atoms with Crippen molar-refractivity contribution in [3.05, 3.63) is 59.4 Å². The highest BCUT2D eigenvalue weighted by Gasteiger charge is 2.31. The minimum atomic E-state index is -3.86. The Labute approximate surface area is 168 Å². The largest absolute Gasteiger partial charge is 0.449 e. The second-order valence-electron chi connectivity index (χ2n) is 6.85. The summed E-state index contributed by atoms with van der Waals surface area (Å²) in [6, 6.07) is 10.3. The summed E-state index contributed by atoms with van der Waals surface area (Å²) in [6.45, 7) is 1.87. The molecule has 29 heavy (non-hydrogen) atoms. The van der Waals surface area contributed by atoms with Crippen LogP contribution in [0.15, 0.2) is 47.4 Å². The van der Waals surface area contributed by atoms with Crippen LogP contribution in [0.2, 0.25) is 0 Å². The molecule has 0 fully saturated rings. The van der Waals surface area contributed by atoms with Crippen molar-refractivity contribution in [1.29, 1.82) is 0 Å². The number of hydrogen-bond acceptors (Lipinski definition) is 5. The van der Waals surface area contributed by atoms with E-state index in [1.54, 1.807) is 0 Å². The average Bonchev–Trinajstić information content (AvgIpc) is 3.11. The van der Waals surface area contributed by atoms with Crippen molar-refractivity contribution in [3.63, 3.8) is 0 Å². The third kappa shape index (κ3) is 4.01. The zero-order chi connectivity index (χ0) is 21.3. The molecule has 0 radical (unpaired) electrons. The van der Waals surface area contributed by atoms with E-state index in [0.29, 0.717) is 13.0 Å². The number of halogens is 1. The quantitative estimate of drug-likeness (QED) is 0.693. The van der Waals surface area contributed by atoms with E-state index < -0.39 is 39.4 Å². The van der Waals surface area contributed by atoms with Crippen LogP contribution in [0.5, 0.6) is 0 Å². The summed E-state index contributed by atoms with van der Waals surface area (Å²) < 4.78 is 44.7. The summed E-state index contributed by atoms with van der Waals surface area (Å²) in [6.07, 6.45) is -0.469. The molecule has 0 spiro atoms. The number of esters is 1. The Morgan fingerprint density at radius 3 is 2.55 bits per heavy atom. The molecule has 9 heteroatoms. The second kappa shape index (κ2) is 7.92. The number of rotatable bonds is 5. The Bertz CT molecular complexity index is 1070. The molecule has 2 aromatic rings. The van der Waals surface area contributed by atoms with E-state index in [0.717, 1.165) is 33.8 Å². The van der Waals surface area contributed by atoms with Gasteiger partial charge in [0.25, 0.3) is 5.91 Å². The number of ether oxygens (including phenoxy) is 1. The highest BCUT2D eigenvalue weighted by molar-refractivity contribution is 7.89. The molecule has 0 saturated carbocycles. The first kappa shape index (κ1) is 20.9. The number of carbonyl (C=O) groups is 2. The Kier molecular flexibility index (Phi) is 5.72. The van der Waals surface area contributed by atoms with Gasteiger partial charge in [0, 0.05) is 26.3 Å². The molecule has 154 valence electrons. The first-order chi connectivity index (χ1) is 13.6. The van der Waals surface area contributed by atoms with Gasteiger partial charge in [-0.1, -0.05) is 18.2 Å². The van der Waals surface area contributed by atoms with E-state index in [-0.39, 0.29) is 4.90 Å². The summed E-state index contributed by atoms with van der Waals surface area (Å²) in [5.41, 5.74) is 1.23. The molecule has 1 aliphatic rings. The Morgan fingerprint density at radius 2 is 1.86 bits per heavy atom. The van der Waals surface area contributed by atoms with Crippen molar-refractivity contribution in [1.82, 2.24) is 4.31 Å². The van der Waals surface area contributed by atoms with Crippen LogP contribution in [0, 0.1) is 5.82 Å². The maximum absolute atomic E-state index is 14.2. The number of sulfonamides is 1. The van der Waals surface area contributed by atoms with Gasteiger partial charge in [0.05, 0.1) is 10.5 Å². The molecule has 1 atom stereocenters. The standard InChI is InChI=1S/C20H21FN2O5S/c1-13(19(24)23-11-10-14-6-4-5-7-18(14)23)28-20(25)16-12-15(8-9-17(16)21)29(26,27)22(2)3/h4-9,12-13H,10-11H2,1-3H3/t13-/m1/s1. The molecular weight excluding hydrogens is 399 g/mol. The molecule has 7 nitrogen and oxygen atoms in total. The van der Waals surface area contributed by atoms with Gasteiger partial charge in [-0.15, -0.1) is 0 Å². The fourth-order valence-electron chi connectivity index (χ4n) is 3.09. The Morgan fingerprint density at radius 1 is 1.17 bits per heavy atom. The molecule has 1 aliphatic heterocycles. The lowest BCUT2D eigenvalue weighted by atomic mass is 10.2. The summed E-state index contributed by atoms with van der Waals surface area (Å²) in [5, 5.41) is 0. The summed E-state index contributed by atoms with van der Waals surface area (Å²) in [7, 11) is -1.21. The van der Waals surface area contributed by atoms with Crippen molar-refractivity contribution < 1.29 is 27.1 Å². The second-order valence-corrected chi connectivity index (χ2v) is 9.00. The number of benzene rings is 2. The maximum atomic E-state index is 14.2. The number of amides is 1. The third-order valence-electron chi connectivity index (χ3n) is 4.72. The van der Waals surface area contributed by atoms with Crippen molar-refractivity contribution in [2.24, 2.45) is 0 Å². The van der Waals surface area contributed by atoms with E-state index in [2.05, 4.69) is 0 Å². The minimum Gasteiger partial charge on any atom is -0.449 e. The molecule has 0 bridgehead atoms. The number of anilines is 1. The van der Waals surface area contributed by atoms with Crippen LogP contribution in [0.1, 0.15) is 22.8 Å². The zero-order valence-corrected chi connectivity index (χ0v) is 17.1. The number of fused-ring (bicyclic) bond motifs is 1. The van der Waals surface area contributed by atoms with Gasteiger partial charge >= 0.3 is 5.97 Å². The topological polar surface area (TPSA) is 84.0 Å². The molecule has 1 amide bonds. The number of carbonyl (C=O) groups excluding carboxylic acids is 2. The smallest absolute Gasteiger partial charge is 0.341 e. The molecule has 0 N–H and O–H groups in total. The Balaban J connectivity index is 1.79. The summed E-state index contributed by atoms with van der Waals surface area (Å²) in [4.78, 5) is 26.5. The zero-order valence-electron chi connectivity index (χ0n) is 16.3. The molecule has 0 unspecified atom stereocenters. The maximum Gasteiger partial charge on any atom is 0.341 e. The van der Waals surface area contributed by atoms with E-state index in [9.17, 15) is 22.4 Å². The third-order valence-corrected chi connectivity index (χ3v) is 6.53. The minimum absolute atomic E-state index is 0.247. The summed E-state index contributed by atoms with van der Waals surface area (Å²) >= 11 is 0. The van der Waals surface area contributed by atoms with Crippen LogP contribution < -0.4 is 4.90 Å². The Hall–Kier alpha value is -2.78. The van der Waals surface area contributed by atoms with Crippen LogP contribution in [0.3, 0.4) is 0 Å². The van der Waals surface area contributed by atoms with Gasteiger partial charge in [0.2, 0.25) is 10.0 Å². The van der Waals surface area contributed by atoms with Crippen LogP contribution >= 0.6 is 0 Å². The van der Waals surface area contributed by atoms with Crippen LogP contribution in [-0.4, -0.2) is 51.3 Å². The molecular formula is C20H21FN2O5S. The fraction of sp³-hybridized carbons (Fsp3) is 0.300. The van der Waals surface area contributed by atoms with Gasteiger partial charge in [0.1, 0.15) is 5.82 Å². The number of nitrogens with zero attached hydrogens (tertiary/aromatic N) is 2. The molecule has 0 aliphatic carbocycles. The number of para-hydroxylation sites is 1. The SMILES string of the molecule is C[C@@H](OC(=O)c1cc(S(=O)(=O)N(C)C)ccc1F)C(=O)N1CCc2ccccc21. The van der Waals surface area contributed by atoms with Crippen LogP contribution in [0.25, 0.3) is 0 Å². The van der Waals surface area contributed by atoms with Gasteiger partial charge in [-0.25, -0.2) is 21.9 Å². The highest BCUT2D eigenvalue weighted by atomic mass is 32.2. The van der Waals surface area contributed by atoms with Crippen molar-refractivity contribution in [2.45, 2.75) is 24.3 Å². The van der Waals surface area contributed by atoms with Crippen LogP contribution in [0.4, 0.5) is 10.1 Å². The lowest BCUT2D eigenvalue weighted by molar-refractivity contribution is -0.126. The molecule has 3 rings (SSSR count). The monoisotopic (exact) mass is 420 g/mol. The van der Waals surface area contributed by atoms with E-state index in [4.69, 9.17) is 4.74 Å². The molecule has 2 aromatic carbocycles. The highest BCUT2D eigenvalue weighted by Crippen LogP contribution is 2.28. The lowest BCUT2D eigenvalue weighted by Gasteiger charge is -2.22. The van der Waals surface area contributed by atoms with Gasteiger partial charge in [-0.05, 0) is 43.2 Å². The van der Waals surface area contributed by atoms with Gasteiger partial charge in [-0.3, -0.25) is 4.79 Å². The van der Waals surface area contributed by atoms with Crippen molar-refractivity contribution in [2.75, 3.05) is 25.5 Å². The average molecular weight is 420 g/mol. The summed E-state index contributed by atoms with van der Waals surface area (Å²) in [5.74, 6) is -2.47. The van der Waals surface area contributed by atoms with E-state index >= 15 is 0 Å². The van der Waals surface area contributed by atoms with E-state index in [1.807, 2.05) is 24.3 Å². The molecule has 0 aromatic heterocycles.